The number of hydrogen-bond donors (Lipinski definition) is 1. The van der Waals surface area contributed by atoms with Crippen LogP contribution in [-0.4, -0.2) is 5.91 Å². The second-order valence-electron chi connectivity index (χ2n) is 6.99. The lowest BCUT2D eigenvalue weighted by atomic mass is 9.88. The largest absolute Gasteiger partial charge is 0.345 e. The summed E-state index contributed by atoms with van der Waals surface area (Å²) in [5.41, 5.74) is 7.12. The molecule has 0 radical (unpaired) electrons. The highest BCUT2D eigenvalue weighted by molar-refractivity contribution is 5.96. The minimum atomic E-state index is 0.0285. The summed E-state index contributed by atoms with van der Waals surface area (Å²) in [6, 6.07) is 12.9. The van der Waals surface area contributed by atoms with Crippen LogP contribution in [0.25, 0.3) is 0 Å². The van der Waals surface area contributed by atoms with Crippen molar-refractivity contribution in [1.29, 1.82) is 0 Å². The molecule has 0 fully saturated rings. The van der Waals surface area contributed by atoms with E-state index in [1.54, 1.807) is 0 Å². The predicted molar refractivity (Wildman–Crippen MR) is 99.5 cm³/mol. The number of benzene rings is 2. The van der Waals surface area contributed by atoms with Gasteiger partial charge in [-0.1, -0.05) is 42.8 Å². The molecule has 1 aliphatic rings. The molecule has 0 saturated carbocycles. The van der Waals surface area contributed by atoms with Crippen molar-refractivity contribution in [2.24, 2.45) is 0 Å². The van der Waals surface area contributed by atoms with Crippen molar-refractivity contribution in [3.8, 4) is 0 Å². The Kier molecular flexibility index (Phi) is 5.03. The van der Waals surface area contributed by atoms with Gasteiger partial charge in [0.2, 0.25) is 0 Å². The molecule has 2 heteroatoms. The summed E-state index contributed by atoms with van der Waals surface area (Å²) in [7, 11) is 0. The fourth-order valence-corrected chi connectivity index (χ4v) is 3.61. The predicted octanol–water partition coefficient (Wildman–Crippen LogP) is 5.06. The summed E-state index contributed by atoms with van der Waals surface area (Å²) in [5, 5.41) is 3.24. The molecule has 0 aliphatic heterocycles. The second kappa shape index (κ2) is 7.21. The maximum absolute atomic E-state index is 12.7. The first-order valence-corrected chi connectivity index (χ1v) is 9.08. The van der Waals surface area contributed by atoms with E-state index in [4.69, 9.17) is 0 Å². The molecule has 1 N–H and O–H groups in total. The number of amides is 1. The lowest BCUT2D eigenvalue weighted by Crippen LogP contribution is -2.29. The van der Waals surface area contributed by atoms with Gasteiger partial charge in [0.1, 0.15) is 0 Å². The van der Waals surface area contributed by atoms with E-state index in [1.807, 2.05) is 32.0 Å². The fourth-order valence-electron chi connectivity index (χ4n) is 3.61. The number of fused-ring (bicyclic) bond motifs is 1. The average molecular weight is 321 g/mol. The molecule has 3 rings (SSSR count). The fraction of sp³-hybridized carbons (Fsp3) is 0.409. The normalized spacial score (nSPS) is 14.8. The van der Waals surface area contributed by atoms with Crippen LogP contribution in [-0.2, 0) is 12.8 Å². The molecule has 2 nitrogen and oxygen atoms in total. The highest BCUT2D eigenvalue weighted by Crippen LogP contribution is 2.26. The van der Waals surface area contributed by atoms with Crippen LogP contribution in [0, 0.1) is 13.8 Å². The van der Waals surface area contributed by atoms with Crippen LogP contribution in [0.1, 0.15) is 70.4 Å². The van der Waals surface area contributed by atoms with Gasteiger partial charge in [-0.15, -0.1) is 0 Å². The molecule has 0 heterocycles. The molecule has 24 heavy (non-hydrogen) atoms. The number of aryl methyl sites for hydroxylation is 4. The van der Waals surface area contributed by atoms with Crippen molar-refractivity contribution in [3.63, 3.8) is 0 Å². The van der Waals surface area contributed by atoms with E-state index < -0.39 is 0 Å². The van der Waals surface area contributed by atoms with Gasteiger partial charge in [-0.25, -0.2) is 0 Å². The highest BCUT2D eigenvalue weighted by Gasteiger charge is 2.18. The molecule has 2 aromatic rings. The number of nitrogens with one attached hydrogen (secondary N) is 1. The minimum Gasteiger partial charge on any atom is -0.345 e. The molecule has 1 atom stereocenters. The molecule has 0 saturated heterocycles. The Morgan fingerprint density at radius 1 is 1.04 bits per heavy atom. The number of rotatable bonds is 4. The highest BCUT2D eigenvalue weighted by atomic mass is 16.1. The van der Waals surface area contributed by atoms with Gasteiger partial charge >= 0.3 is 0 Å². The zero-order valence-electron chi connectivity index (χ0n) is 15.0. The Morgan fingerprint density at radius 3 is 2.54 bits per heavy atom. The monoisotopic (exact) mass is 321 g/mol. The molecule has 0 unspecified atom stereocenters. The van der Waals surface area contributed by atoms with Crippen molar-refractivity contribution >= 4 is 5.91 Å². The summed E-state index contributed by atoms with van der Waals surface area (Å²) in [4.78, 5) is 12.7. The van der Waals surface area contributed by atoms with Gasteiger partial charge < -0.3 is 5.32 Å². The van der Waals surface area contributed by atoms with Crippen LogP contribution >= 0.6 is 0 Å². The summed E-state index contributed by atoms with van der Waals surface area (Å²) in [6.07, 6.45) is 5.84. The van der Waals surface area contributed by atoms with Gasteiger partial charge in [-0.05, 0) is 74.3 Å². The maximum Gasteiger partial charge on any atom is 0.252 e. The summed E-state index contributed by atoms with van der Waals surface area (Å²) >= 11 is 0. The third kappa shape index (κ3) is 3.53. The first-order chi connectivity index (χ1) is 11.6. The average Bonchev–Trinajstić information content (AvgIpc) is 2.61. The van der Waals surface area contributed by atoms with E-state index in [0.717, 1.165) is 23.1 Å². The number of carbonyl (C=O) groups excluding carboxylic acids is 1. The van der Waals surface area contributed by atoms with E-state index in [0.29, 0.717) is 0 Å². The molecular formula is C22H27NO. The molecule has 0 aromatic heterocycles. The third-order valence-corrected chi connectivity index (χ3v) is 5.13. The first-order valence-electron chi connectivity index (χ1n) is 9.08. The number of carbonyl (C=O) groups is 1. The quantitative estimate of drug-likeness (QED) is 0.837. The van der Waals surface area contributed by atoms with E-state index >= 15 is 0 Å². The molecule has 2 aromatic carbocycles. The standard InChI is InChI=1S/C22H27NO/c1-4-21(19-12-11-17-7-5-6-8-18(17)14-19)23-22(24)20-13-15(2)9-10-16(20)3/h9-14,21H,4-8H2,1-3H3,(H,23,24)/t21-/m1/s1. The lowest BCUT2D eigenvalue weighted by molar-refractivity contribution is 0.0935. The van der Waals surface area contributed by atoms with Crippen molar-refractivity contribution in [1.82, 2.24) is 5.32 Å². The zero-order valence-corrected chi connectivity index (χ0v) is 15.0. The van der Waals surface area contributed by atoms with Crippen LogP contribution in [0.3, 0.4) is 0 Å². The molecule has 0 bridgehead atoms. The van der Waals surface area contributed by atoms with Gasteiger partial charge in [0, 0.05) is 5.56 Å². The third-order valence-electron chi connectivity index (χ3n) is 5.13. The van der Waals surface area contributed by atoms with Gasteiger partial charge in [0.25, 0.3) is 5.91 Å². The van der Waals surface area contributed by atoms with Crippen LogP contribution in [0.5, 0.6) is 0 Å². The van der Waals surface area contributed by atoms with Gasteiger partial charge in [0.15, 0.2) is 0 Å². The summed E-state index contributed by atoms with van der Waals surface area (Å²) in [5.74, 6) is 0.0285. The maximum atomic E-state index is 12.7. The summed E-state index contributed by atoms with van der Waals surface area (Å²) < 4.78 is 0. The van der Waals surface area contributed by atoms with E-state index in [2.05, 4.69) is 30.4 Å². The van der Waals surface area contributed by atoms with Crippen LogP contribution in [0.4, 0.5) is 0 Å². The molecular weight excluding hydrogens is 294 g/mol. The lowest BCUT2D eigenvalue weighted by Gasteiger charge is -2.22. The topological polar surface area (TPSA) is 29.1 Å². The molecule has 1 aliphatic carbocycles. The Morgan fingerprint density at radius 2 is 1.79 bits per heavy atom. The number of hydrogen-bond acceptors (Lipinski definition) is 1. The first kappa shape index (κ1) is 16.8. The van der Waals surface area contributed by atoms with Crippen molar-refractivity contribution < 1.29 is 4.79 Å². The minimum absolute atomic E-state index is 0.0285. The van der Waals surface area contributed by atoms with E-state index in [9.17, 15) is 4.79 Å². The van der Waals surface area contributed by atoms with Crippen molar-refractivity contribution in [2.45, 2.75) is 58.9 Å². The van der Waals surface area contributed by atoms with Crippen molar-refractivity contribution in [3.05, 3.63) is 69.8 Å². The smallest absolute Gasteiger partial charge is 0.252 e. The van der Waals surface area contributed by atoms with Gasteiger partial charge in [0.05, 0.1) is 6.04 Å². The van der Waals surface area contributed by atoms with Crippen molar-refractivity contribution in [2.75, 3.05) is 0 Å². The Hall–Kier alpha value is -2.09. The van der Waals surface area contributed by atoms with Gasteiger partial charge in [-0.3, -0.25) is 4.79 Å². The Balaban J connectivity index is 1.81. The second-order valence-corrected chi connectivity index (χ2v) is 6.99. The SMILES string of the molecule is CC[C@@H](NC(=O)c1cc(C)ccc1C)c1ccc2c(c1)CCCC2. The van der Waals surface area contributed by atoms with Crippen LogP contribution in [0.15, 0.2) is 36.4 Å². The van der Waals surface area contributed by atoms with Crippen LogP contribution in [0.2, 0.25) is 0 Å². The molecule has 126 valence electrons. The Labute approximate surface area is 145 Å². The molecule has 0 spiro atoms. The van der Waals surface area contributed by atoms with Crippen LogP contribution < -0.4 is 5.32 Å². The Bertz CT molecular complexity index is 748. The zero-order chi connectivity index (χ0) is 17.1. The van der Waals surface area contributed by atoms with Gasteiger partial charge in [-0.2, -0.15) is 0 Å². The van der Waals surface area contributed by atoms with E-state index in [-0.39, 0.29) is 11.9 Å². The van der Waals surface area contributed by atoms with E-state index in [1.165, 1.54) is 42.4 Å². The summed E-state index contributed by atoms with van der Waals surface area (Å²) in [6.45, 7) is 6.15. The molecule has 1 amide bonds.